The van der Waals surface area contributed by atoms with E-state index in [1.807, 2.05) is 6.20 Å². The highest BCUT2D eigenvalue weighted by molar-refractivity contribution is 5.74. The Bertz CT molecular complexity index is 923. The number of nitriles is 1. The molecule has 1 aliphatic carbocycles. The zero-order valence-corrected chi connectivity index (χ0v) is 18.8. The summed E-state index contributed by atoms with van der Waals surface area (Å²) >= 11 is 0. The maximum absolute atomic E-state index is 9.40. The van der Waals surface area contributed by atoms with Crippen molar-refractivity contribution in [2.75, 3.05) is 0 Å². The highest BCUT2D eigenvalue weighted by Gasteiger charge is 2.22. The van der Waals surface area contributed by atoms with E-state index in [9.17, 15) is 5.26 Å². The van der Waals surface area contributed by atoms with Gasteiger partial charge in [0.25, 0.3) is 0 Å². The second-order valence-electron chi connectivity index (χ2n) is 10.3. The molecule has 0 saturated heterocycles. The van der Waals surface area contributed by atoms with Crippen molar-refractivity contribution in [3.63, 3.8) is 0 Å². The van der Waals surface area contributed by atoms with Crippen molar-refractivity contribution < 1.29 is 0 Å². The SMILES string of the molecule is CC(C)(C)c1cc(-c2nc(C#N)ncc2C=C2CCCCC2)cc(C(C)(C)C)c1. The average Bonchev–Trinajstić information content (AvgIpc) is 2.67. The molecule has 1 saturated carbocycles. The molecule has 1 aromatic carbocycles. The van der Waals surface area contributed by atoms with E-state index >= 15 is 0 Å². The lowest BCUT2D eigenvalue weighted by Crippen LogP contribution is -2.16. The molecular formula is C26H33N3. The number of rotatable bonds is 2. The first-order valence-electron chi connectivity index (χ1n) is 10.7. The van der Waals surface area contributed by atoms with Crippen LogP contribution in [-0.4, -0.2) is 9.97 Å². The van der Waals surface area contributed by atoms with Gasteiger partial charge in [0.1, 0.15) is 6.07 Å². The number of allylic oxidation sites excluding steroid dienone is 1. The maximum atomic E-state index is 9.40. The lowest BCUT2D eigenvalue weighted by atomic mass is 9.79. The van der Waals surface area contributed by atoms with Gasteiger partial charge in [0.15, 0.2) is 0 Å². The van der Waals surface area contributed by atoms with E-state index in [4.69, 9.17) is 0 Å². The topological polar surface area (TPSA) is 49.6 Å². The molecule has 3 nitrogen and oxygen atoms in total. The minimum atomic E-state index is 0.0308. The van der Waals surface area contributed by atoms with Crippen molar-refractivity contribution in [3.05, 3.63) is 52.5 Å². The van der Waals surface area contributed by atoms with Crippen LogP contribution in [0.2, 0.25) is 0 Å². The Morgan fingerprint density at radius 3 is 2.00 bits per heavy atom. The first-order chi connectivity index (χ1) is 13.6. The molecule has 29 heavy (non-hydrogen) atoms. The summed E-state index contributed by atoms with van der Waals surface area (Å²) in [5.41, 5.74) is 7.06. The van der Waals surface area contributed by atoms with Gasteiger partial charge in [0, 0.05) is 17.3 Å². The van der Waals surface area contributed by atoms with Gasteiger partial charge in [0.05, 0.1) is 5.69 Å². The van der Waals surface area contributed by atoms with Gasteiger partial charge in [-0.15, -0.1) is 0 Å². The van der Waals surface area contributed by atoms with Gasteiger partial charge in [-0.1, -0.05) is 65.7 Å². The smallest absolute Gasteiger partial charge is 0.227 e. The average molecular weight is 388 g/mol. The molecule has 0 amide bonds. The second kappa shape index (κ2) is 8.11. The molecule has 1 fully saturated rings. The van der Waals surface area contributed by atoms with Crippen LogP contribution >= 0.6 is 0 Å². The molecule has 0 radical (unpaired) electrons. The molecule has 0 bridgehead atoms. The molecule has 0 unspecified atom stereocenters. The van der Waals surface area contributed by atoms with E-state index in [2.05, 4.69) is 81.9 Å². The number of hydrogen-bond acceptors (Lipinski definition) is 3. The number of nitrogens with zero attached hydrogens (tertiary/aromatic N) is 3. The third kappa shape index (κ3) is 5.12. The Hall–Kier alpha value is -2.47. The third-order valence-corrected chi connectivity index (χ3v) is 5.71. The minimum absolute atomic E-state index is 0.0308. The first-order valence-corrected chi connectivity index (χ1v) is 10.7. The molecule has 0 N–H and O–H groups in total. The van der Waals surface area contributed by atoms with Crippen molar-refractivity contribution in [3.8, 4) is 17.3 Å². The van der Waals surface area contributed by atoms with Crippen LogP contribution in [0, 0.1) is 11.3 Å². The van der Waals surface area contributed by atoms with Crippen LogP contribution in [0.4, 0.5) is 0 Å². The molecule has 3 rings (SSSR count). The summed E-state index contributed by atoms with van der Waals surface area (Å²) in [6.45, 7) is 13.4. The van der Waals surface area contributed by atoms with Crippen molar-refractivity contribution >= 4 is 6.08 Å². The molecule has 0 aliphatic heterocycles. The lowest BCUT2D eigenvalue weighted by Gasteiger charge is -2.26. The molecule has 1 heterocycles. The Morgan fingerprint density at radius 1 is 0.897 bits per heavy atom. The molecule has 3 heteroatoms. The summed E-state index contributed by atoms with van der Waals surface area (Å²) in [7, 11) is 0. The summed E-state index contributed by atoms with van der Waals surface area (Å²) in [5.74, 6) is 0.226. The van der Waals surface area contributed by atoms with Crippen molar-refractivity contribution in [2.24, 2.45) is 0 Å². The van der Waals surface area contributed by atoms with E-state index in [1.165, 1.54) is 36.0 Å². The van der Waals surface area contributed by atoms with Crippen LogP contribution in [0.25, 0.3) is 17.3 Å². The zero-order valence-electron chi connectivity index (χ0n) is 18.8. The molecule has 2 aromatic rings. The van der Waals surface area contributed by atoms with E-state index in [0.717, 1.165) is 29.7 Å². The quantitative estimate of drug-likeness (QED) is 0.559. The molecule has 0 atom stereocenters. The van der Waals surface area contributed by atoms with Gasteiger partial charge in [-0.2, -0.15) is 5.26 Å². The summed E-state index contributed by atoms with van der Waals surface area (Å²) in [6.07, 6.45) is 10.2. The zero-order chi connectivity index (χ0) is 21.2. The van der Waals surface area contributed by atoms with Crippen molar-refractivity contribution in [2.45, 2.75) is 84.5 Å². The summed E-state index contributed by atoms with van der Waals surface area (Å²) < 4.78 is 0. The van der Waals surface area contributed by atoms with Gasteiger partial charge in [-0.25, -0.2) is 9.97 Å². The van der Waals surface area contributed by atoms with E-state index < -0.39 is 0 Å². The molecule has 1 aromatic heterocycles. The van der Waals surface area contributed by atoms with Gasteiger partial charge in [-0.3, -0.25) is 0 Å². The van der Waals surface area contributed by atoms with Crippen LogP contribution in [0.5, 0.6) is 0 Å². The van der Waals surface area contributed by atoms with E-state index in [1.54, 1.807) is 0 Å². The fraction of sp³-hybridized carbons (Fsp3) is 0.500. The molecule has 1 aliphatic rings. The maximum Gasteiger partial charge on any atom is 0.232 e. The predicted octanol–water partition coefficient (Wildman–Crippen LogP) is 6.96. The molecule has 152 valence electrons. The van der Waals surface area contributed by atoms with Crippen LogP contribution in [-0.2, 0) is 10.8 Å². The normalized spacial score (nSPS) is 15.1. The fourth-order valence-electron chi connectivity index (χ4n) is 3.78. The second-order valence-corrected chi connectivity index (χ2v) is 10.3. The first kappa shape index (κ1) is 21.2. The highest BCUT2D eigenvalue weighted by atomic mass is 14.9. The van der Waals surface area contributed by atoms with E-state index in [0.29, 0.717) is 0 Å². The summed E-state index contributed by atoms with van der Waals surface area (Å²) in [6, 6.07) is 8.90. The van der Waals surface area contributed by atoms with Gasteiger partial charge in [0.2, 0.25) is 5.82 Å². The van der Waals surface area contributed by atoms with Crippen LogP contribution in [0.1, 0.15) is 96.2 Å². The largest absolute Gasteiger partial charge is 0.232 e. The van der Waals surface area contributed by atoms with Gasteiger partial charge in [-0.05, 0) is 59.8 Å². The Balaban J connectivity index is 2.22. The van der Waals surface area contributed by atoms with Crippen LogP contribution < -0.4 is 0 Å². The van der Waals surface area contributed by atoms with Crippen LogP contribution in [0.3, 0.4) is 0 Å². The fourth-order valence-corrected chi connectivity index (χ4v) is 3.78. The lowest BCUT2D eigenvalue weighted by molar-refractivity contribution is 0.569. The Labute approximate surface area is 175 Å². The Kier molecular flexibility index (Phi) is 5.94. The summed E-state index contributed by atoms with van der Waals surface area (Å²) in [4.78, 5) is 8.93. The van der Waals surface area contributed by atoms with Gasteiger partial charge >= 0.3 is 0 Å². The van der Waals surface area contributed by atoms with Gasteiger partial charge < -0.3 is 0 Å². The van der Waals surface area contributed by atoms with E-state index in [-0.39, 0.29) is 16.7 Å². The standard InChI is InChI=1S/C26H33N3/c1-25(2,3)21-13-19(14-22(15-21)26(4,5)6)24-20(17-28-23(16-27)29-24)12-18-10-8-7-9-11-18/h12-15,17H,7-11H2,1-6H3. The van der Waals surface area contributed by atoms with Crippen molar-refractivity contribution in [1.82, 2.24) is 9.97 Å². The predicted molar refractivity (Wildman–Crippen MR) is 121 cm³/mol. The van der Waals surface area contributed by atoms with Crippen LogP contribution in [0.15, 0.2) is 30.0 Å². The minimum Gasteiger partial charge on any atom is -0.227 e. The molecular weight excluding hydrogens is 354 g/mol. The highest BCUT2D eigenvalue weighted by Crippen LogP contribution is 2.35. The summed E-state index contributed by atoms with van der Waals surface area (Å²) in [5, 5.41) is 9.40. The monoisotopic (exact) mass is 387 g/mol. The molecule has 0 spiro atoms. The third-order valence-electron chi connectivity index (χ3n) is 5.71. The van der Waals surface area contributed by atoms with Crippen molar-refractivity contribution in [1.29, 1.82) is 5.26 Å². The number of benzene rings is 1. The Morgan fingerprint density at radius 2 is 1.48 bits per heavy atom. The number of hydrogen-bond donors (Lipinski definition) is 0. The number of aromatic nitrogens is 2.